The Hall–Kier alpha value is -2.97. The van der Waals surface area contributed by atoms with Crippen LogP contribution in [0.5, 0.6) is 5.75 Å². The number of furan rings is 1. The van der Waals surface area contributed by atoms with Gasteiger partial charge in [-0.1, -0.05) is 24.4 Å². The molecule has 0 unspecified atom stereocenters. The van der Waals surface area contributed by atoms with Crippen LogP contribution >= 0.6 is 24.4 Å². The molecule has 3 rings (SSSR count). The number of hydrogen-bond donors (Lipinski definition) is 2. The molecule has 9 heteroatoms. The zero-order valence-corrected chi connectivity index (χ0v) is 15.2. The third-order valence-electron chi connectivity index (χ3n) is 3.38. The molecule has 0 aliphatic heterocycles. The fraction of sp³-hybridized carbons (Fsp3) is 0. The van der Waals surface area contributed by atoms with Gasteiger partial charge in [0.05, 0.1) is 17.0 Å². The second kappa shape index (κ2) is 8.15. The van der Waals surface area contributed by atoms with E-state index in [4.69, 9.17) is 20.8 Å². The first-order valence-corrected chi connectivity index (χ1v) is 8.32. The summed E-state index contributed by atoms with van der Waals surface area (Å²) in [6.45, 7) is 0. The van der Waals surface area contributed by atoms with Crippen molar-refractivity contribution in [2.24, 2.45) is 0 Å². The van der Waals surface area contributed by atoms with Gasteiger partial charge in [0.1, 0.15) is 11.6 Å². The van der Waals surface area contributed by atoms with Crippen LogP contribution in [0.4, 0.5) is 20.6 Å². The minimum Gasteiger partial charge on any atom is -0.457 e. The van der Waals surface area contributed by atoms with E-state index in [-0.39, 0.29) is 16.5 Å². The summed E-state index contributed by atoms with van der Waals surface area (Å²) in [5.41, 5.74) is 0.733. The second-order valence-corrected chi connectivity index (χ2v) is 6.04. The first-order valence-electron chi connectivity index (χ1n) is 7.55. The zero-order valence-electron chi connectivity index (χ0n) is 13.6. The fourth-order valence-corrected chi connectivity index (χ4v) is 2.44. The van der Waals surface area contributed by atoms with Crippen LogP contribution in [0.25, 0.3) is 0 Å². The van der Waals surface area contributed by atoms with Gasteiger partial charge in [-0.15, -0.1) is 0 Å². The minimum atomic E-state index is -0.638. The Balaban J connectivity index is 1.64. The number of urea groups is 1. The highest BCUT2D eigenvalue weighted by molar-refractivity contribution is 7.82. The van der Waals surface area contributed by atoms with Crippen LogP contribution in [0.3, 0.4) is 0 Å². The summed E-state index contributed by atoms with van der Waals surface area (Å²) in [5, 5.41) is 2.43. The summed E-state index contributed by atoms with van der Waals surface area (Å²) in [6.07, 6.45) is 1.37. The van der Waals surface area contributed by atoms with Crippen molar-refractivity contribution in [3.05, 3.63) is 77.5 Å². The summed E-state index contributed by atoms with van der Waals surface area (Å²) < 4.78 is 24.3. The third-order valence-corrected chi connectivity index (χ3v) is 4.08. The number of ether oxygens (including phenoxy) is 1. The number of hydrogen-bond acceptors (Lipinski definition) is 5. The average Bonchev–Trinajstić information content (AvgIpc) is 3.20. The van der Waals surface area contributed by atoms with E-state index in [1.807, 2.05) is 0 Å². The van der Waals surface area contributed by atoms with Gasteiger partial charge in [-0.25, -0.2) is 18.3 Å². The molecule has 0 radical (unpaired) electrons. The summed E-state index contributed by atoms with van der Waals surface area (Å²) in [5.74, 6) is -0.877. The van der Waals surface area contributed by atoms with Crippen LogP contribution in [0.15, 0.2) is 65.3 Å². The molecule has 3 aromatic rings. The zero-order chi connectivity index (χ0) is 19.4. The topological polar surface area (TPSA) is 71.8 Å². The van der Waals surface area contributed by atoms with E-state index in [2.05, 4.69) is 18.1 Å². The number of carbonyl (C=O) groups excluding carboxylic acids is 2. The van der Waals surface area contributed by atoms with Gasteiger partial charge in [0.2, 0.25) is 5.76 Å². The Morgan fingerprint density at radius 1 is 1.15 bits per heavy atom. The number of rotatable bonds is 4. The molecule has 0 saturated carbocycles. The van der Waals surface area contributed by atoms with E-state index in [1.54, 1.807) is 6.07 Å². The van der Waals surface area contributed by atoms with Crippen LogP contribution in [-0.2, 0) is 0 Å². The van der Waals surface area contributed by atoms with E-state index in [0.717, 1.165) is 10.4 Å². The van der Waals surface area contributed by atoms with Gasteiger partial charge in [-0.05, 0) is 54.6 Å². The first kappa shape index (κ1) is 18.8. The largest absolute Gasteiger partial charge is 0.457 e. The van der Waals surface area contributed by atoms with Crippen LogP contribution in [-0.4, -0.2) is 12.0 Å². The normalized spacial score (nSPS) is 10.3. The molecular weight excluding hydrogens is 395 g/mol. The number of carbonyl (C=O) groups is 2. The fourth-order valence-electron chi connectivity index (χ4n) is 2.07. The monoisotopic (exact) mass is 406 g/mol. The SMILES string of the molecule is O=C(Oc1ccc(N(S)C(=O)Nc2ccc(F)c(Cl)c2)cc1)c1ccco1. The van der Waals surface area contributed by atoms with Gasteiger partial charge in [-0.2, -0.15) is 0 Å². The number of benzene rings is 2. The van der Waals surface area contributed by atoms with Crippen molar-refractivity contribution in [1.29, 1.82) is 0 Å². The molecule has 6 nitrogen and oxygen atoms in total. The molecule has 0 aliphatic rings. The molecule has 0 fully saturated rings. The molecule has 0 bridgehead atoms. The molecule has 1 N–H and O–H groups in total. The number of amides is 2. The summed E-state index contributed by atoms with van der Waals surface area (Å²) in [4.78, 5) is 24.0. The van der Waals surface area contributed by atoms with E-state index in [0.29, 0.717) is 11.4 Å². The molecule has 0 saturated heterocycles. The number of anilines is 2. The maximum Gasteiger partial charge on any atom is 0.379 e. The van der Waals surface area contributed by atoms with Gasteiger partial charge in [0, 0.05) is 5.69 Å². The van der Waals surface area contributed by atoms with Gasteiger partial charge >= 0.3 is 12.0 Å². The molecular formula is C18H12ClFN2O4S. The number of nitrogens with one attached hydrogen (secondary N) is 1. The quantitative estimate of drug-likeness (QED) is 0.356. The van der Waals surface area contributed by atoms with Crippen molar-refractivity contribution in [1.82, 2.24) is 0 Å². The number of esters is 1. The molecule has 0 atom stereocenters. The molecule has 0 spiro atoms. The van der Waals surface area contributed by atoms with Gasteiger partial charge in [-0.3, -0.25) is 0 Å². The maximum absolute atomic E-state index is 13.2. The lowest BCUT2D eigenvalue weighted by Crippen LogP contribution is -2.26. The highest BCUT2D eigenvalue weighted by Crippen LogP contribution is 2.24. The second-order valence-electron chi connectivity index (χ2n) is 5.23. The lowest BCUT2D eigenvalue weighted by molar-refractivity contribution is 0.0701. The van der Waals surface area contributed by atoms with Crippen molar-refractivity contribution in [2.75, 3.05) is 9.62 Å². The van der Waals surface area contributed by atoms with E-state index in [1.165, 1.54) is 48.7 Å². The summed E-state index contributed by atoms with van der Waals surface area (Å²) >= 11 is 9.82. The average molecular weight is 407 g/mol. The molecule has 138 valence electrons. The number of halogens is 2. The molecule has 0 aliphatic carbocycles. The number of thiol groups is 1. The summed E-state index contributed by atoms with van der Waals surface area (Å²) in [6, 6.07) is 12.4. The maximum atomic E-state index is 13.2. The highest BCUT2D eigenvalue weighted by Gasteiger charge is 2.15. The smallest absolute Gasteiger partial charge is 0.379 e. The van der Waals surface area contributed by atoms with Crippen molar-refractivity contribution in [3.8, 4) is 5.75 Å². The van der Waals surface area contributed by atoms with Crippen LogP contribution in [0, 0.1) is 5.82 Å². The standard InChI is InChI=1S/C18H12ClFN2O4S/c19-14-10-11(3-8-15(14)20)21-18(24)22(27)12-4-6-13(7-5-12)26-17(23)16-2-1-9-25-16/h1-10,27H,(H,21,24). The first-order chi connectivity index (χ1) is 12.9. The lowest BCUT2D eigenvalue weighted by Gasteiger charge is -2.17. The Bertz CT molecular complexity index is 964. The van der Waals surface area contributed by atoms with Gasteiger partial charge in [0.15, 0.2) is 0 Å². The minimum absolute atomic E-state index is 0.0761. The highest BCUT2D eigenvalue weighted by atomic mass is 35.5. The van der Waals surface area contributed by atoms with Crippen LogP contribution in [0.2, 0.25) is 5.02 Å². The molecule has 27 heavy (non-hydrogen) atoms. The van der Waals surface area contributed by atoms with Crippen molar-refractivity contribution >= 4 is 47.8 Å². The van der Waals surface area contributed by atoms with Crippen molar-refractivity contribution in [2.45, 2.75) is 0 Å². The Morgan fingerprint density at radius 3 is 2.52 bits per heavy atom. The Labute approximate surface area is 164 Å². The van der Waals surface area contributed by atoms with Gasteiger partial charge in [0.25, 0.3) is 0 Å². The lowest BCUT2D eigenvalue weighted by atomic mass is 10.3. The molecule has 2 aromatic carbocycles. The Kier molecular flexibility index (Phi) is 5.68. The molecule has 2 amide bonds. The van der Waals surface area contributed by atoms with E-state index >= 15 is 0 Å². The summed E-state index contributed by atoms with van der Waals surface area (Å²) in [7, 11) is 0. The molecule has 1 aromatic heterocycles. The molecule has 1 heterocycles. The van der Waals surface area contributed by atoms with Crippen molar-refractivity contribution in [3.63, 3.8) is 0 Å². The predicted octanol–water partition coefficient (Wildman–Crippen LogP) is 5.17. The van der Waals surface area contributed by atoms with Gasteiger partial charge < -0.3 is 14.5 Å². The van der Waals surface area contributed by atoms with E-state index in [9.17, 15) is 14.0 Å². The van der Waals surface area contributed by atoms with E-state index < -0.39 is 17.8 Å². The van der Waals surface area contributed by atoms with Crippen LogP contribution in [0.1, 0.15) is 10.6 Å². The van der Waals surface area contributed by atoms with Crippen LogP contribution < -0.4 is 14.4 Å². The third kappa shape index (κ3) is 4.60. The van der Waals surface area contributed by atoms with Crippen molar-refractivity contribution < 1.29 is 23.1 Å². The number of nitrogens with zero attached hydrogens (tertiary/aromatic N) is 1. The Morgan fingerprint density at radius 2 is 1.89 bits per heavy atom. The predicted molar refractivity (Wildman–Crippen MR) is 102 cm³/mol.